The van der Waals surface area contributed by atoms with E-state index < -0.39 is 0 Å². The largest absolute Gasteiger partial charge is 0.393 e. The normalized spacial score (nSPS) is 22.0. The Balaban J connectivity index is 0.000000251. The van der Waals surface area contributed by atoms with Gasteiger partial charge in [-0.1, -0.05) is 12.2 Å². The fourth-order valence-corrected chi connectivity index (χ4v) is 3.75. The first kappa shape index (κ1) is 22.3. The second kappa shape index (κ2) is 9.30. The first-order valence-electron chi connectivity index (χ1n) is 9.64. The van der Waals surface area contributed by atoms with Crippen LogP contribution in [0.1, 0.15) is 67.2 Å². The molecule has 4 nitrogen and oxygen atoms in total. The molecular weight excluding hydrogens is 328 g/mol. The zero-order valence-electron chi connectivity index (χ0n) is 17.1. The highest BCUT2D eigenvalue weighted by Crippen LogP contribution is 2.24. The Morgan fingerprint density at radius 2 is 1.24 bits per heavy atom. The highest BCUT2D eigenvalue weighted by atomic mass is 32.1. The van der Waals surface area contributed by atoms with Crippen LogP contribution in [0, 0.1) is 23.2 Å². The maximum atomic E-state index is 8.71. The summed E-state index contributed by atoms with van der Waals surface area (Å²) < 4.78 is 0. The van der Waals surface area contributed by atoms with Crippen molar-refractivity contribution in [3.8, 4) is 6.07 Å². The van der Waals surface area contributed by atoms with Crippen LogP contribution in [0.15, 0.2) is 0 Å². The Morgan fingerprint density at radius 3 is 1.52 bits per heavy atom. The number of hydrogen-bond acceptors (Lipinski definition) is 4. The van der Waals surface area contributed by atoms with E-state index in [2.05, 4.69) is 57.4 Å². The van der Waals surface area contributed by atoms with Gasteiger partial charge in [-0.05, 0) is 93.4 Å². The van der Waals surface area contributed by atoms with Gasteiger partial charge >= 0.3 is 0 Å². The molecule has 0 spiro atoms. The van der Waals surface area contributed by atoms with Gasteiger partial charge in [0.05, 0.1) is 11.1 Å². The Labute approximate surface area is 160 Å². The summed E-state index contributed by atoms with van der Waals surface area (Å²) in [5.41, 5.74) is 6.21. The van der Waals surface area contributed by atoms with Gasteiger partial charge in [0.1, 0.15) is 0 Å². The molecule has 2 heterocycles. The maximum absolute atomic E-state index is 8.71. The topological polar surface area (TPSA) is 56.3 Å². The van der Waals surface area contributed by atoms with Gasteiger partial charge in [0.15, 0.2) is 0 Å². The highest BCUT2D eigenvalue weighted by molar-refractivity contribution is 7.80. The van der Waals surface area contributed by atoms with E-state index in [9.17, 15) is 0 Å². The summed E-state index contributed by atoms with van der Waals surface area (Å²) in [6.07, 6.45) is 4.36. The molecule has 2 saturated heterocycles. The number of likely N-dealkylation sites (tertiary alicyclic amines) is 2. The van der Waals surface area contributed by atoms with Crippen LogP contribution in [0.5, 0.6) is 0 Å². The van der Waals surface area contributed by atoms with E-state index in [4.69, 9.17) is 23.2 Å². The van der Waals surface area contributed by atoms with Gasteiger partial charge in [-0.15, -0.1) is 0 Å². The molecule has 0 saturated carbocycles. The van der Waals surface area contributed by atoms with Crippen molar-refractivity contribution in [2.75, 3.05) is 26.2 Å². The number of piperidine rings is 2. The third-order valence-corrected chi connectivity index (χ3v) is 5.81. The summed E-state index contributed by atoms with van der Waals surface area (Å²) in [5.74, 6) is 0.789. The molecule has 25 heavy (non-hydrogen) atoms. The molecule has 2 fully saturated rings. The molecule has 2 N–H and O–H groups in total. The lowest BCUT2D eigenvalue weighted by molar-refractivity contribution is 0.0983. The molecule has 0 aromatic heterocycles. The number of nitriles is 1. The van der Waals surface area contributed by atoms with Crippen LogP contribution >= 0.6 is 12.2 Å². The van der Waals surface area contributed by atoms with Crippen LogP contribution < -0.4 is 5.73 Å². The molecule has 0 aromatic rings. The van der Waals surface area contributed by atoms with Crippen molar-refractivity contribution >= 4 is 17.2 Å². The van der Waals surface area contributed by atoms with Gasteiger partial charge in [0, 0.05) is 22.9 Å². The first-order valence-corrected chi connectivity index (χ1v) is 10.0. The maximum Gasteiger partial charge on any atom is 0.0759 e. The number of nitrogens with zero attached hydrogens (tertiary/aromatic N) is 3. The van der Waals surface area contributed by atoms with Crippen molar-refractivity contribution in [3.63, 3.8) is 0 Å². The second-order valence-corrected chi connectivity index (χ2v) is 9.87. The third kappa shape index (κ3) is 7.60. The van der Waals surface area contributed by atoms with E-state index >= 15 is 0 Å². The Morgan fingerprint density at radius 1 is 0.880 bits per heavy atom. The van der Waals surface area contributed by atoms with Crippen molar-refractivity contribution in [1.29, 1.82) is 5.26 Å². The molecular formula is C20H38N4S. The first-order chi connectivity index (χ1) is 11.4. The molecule has 2 aliphatic rings. The van der Waals surface area contributed by atoms with Gasteiger partial charge in [-0.3, -0.25) is 9.80 Å². The minimum Gasteiger partial charge on any atom is -0.393 e. The quantitative estimate of drug-likeness (QED) is 0.715. The van der Waals surface area contributed by atoms with Gasteiger partial charge < -0.3 is 5.73 Å². The van der Waals surface area contributed by atoms with E-state index in [0.29, 0.717) is 22.4 Å². The molecule has 2 rings (SSSR count). The van der Waals surface area contributed by atoms with Gasteiger partial charge in [-0.2, -0.15) is 5.26 Å². The van der Waals surface area contributed by atoms with Crippen LogP contribution in [0.25, 0.3) is 0 Å². The molecule has 0 amide bonds. The minimum absolute atomic E-state index is 0.278. The van der Waals surface area contributed by atoms with Crippen LogP contribution in [0.3, 0.4) is 0 Å². The van der Waals surface area contributed by atoms with E-state index in [1.165, 1.54) is 0 Å². The number of thiocarbonyl (C=S) groups is 1. The van der Waals surface area contributed by atoms with Crippen molar-refractivity contribution in [3.05, 3.63) is 0 Å². The molecule has 0 bridgehead atoms. The Hall–Kier alpha value is -0.700. The lowest BCUT2D eigenvalue weighted by atomic mass is 9.93. The minimum atomic E-state index is 0.278. The van der Waals surface area contributed by atoms with Crippen molar-refractivity contribution < 1.29 is 0 Å². The fraction of sp³-hybridized carbons (Fsp3) is 0.900. The second-order valence-electron chi connectivity index (χ2n) is 9.40. The molecule has 5 heteroatoms. The van der Waals surface area contributed by atoms with E-state index in [1.54, 1.807) is 0 Å². The van der Waals surface area contributed by atoms with Gasteiger partial charge in [0.2, 0.25) is 0 Å². The molecule has 2 aliphatic heterocycles. The monoisotopic (exact) mass is 366 g/mol. The van der Waals surface area contributed by atoms with Crippen LogP contribution in [0.2, 0.25) is 0 Å². The van der Waals surface area contributed by atoms with Crippen LogP contribution in [-0.4, -0.2) is 52.0 Å². The van der Waals surface area contributed by atoms with Crippen molar-refractivity contribution in [2.24, 2.45) is 17.6 Å². The number of rotatable bonds is 1. The zero-order chi connectivity index (χ0) is 19.3. The molecule has 0 radical (unpaired) electrons. The Bertz CT molecular complexity index is 454. The van der Waals surface area contributed by atoms with Crippen molar-refractivity contribution in [1.82, 2.24) is 9.80 Å². The number of hydrogen-bond donors (Lipinski definition) is 1. The molecule has 0 aliphatic carbocycles. The van der Waals surface area contributed by atoms with E-state index in [0.717, 1.165) is 51.9 Å². The zero-order valence-corrected chi connectivity index (χ0v) is 18.0. The third-order valence-electron chi connectivity index (χ3n) is 5.47. The van der Waals surface area contributed by atoms with Gasteiger partial charge in [-0.25, -0.2) is 0 Å². The summed E-state index contributed by atoms with van der Waals surface area (Å²) in [6, 6.07) is 2.35. The molecule has 144 valence electrons. The molecule has 0 atom stereocenters. The standard InChI is InChI=1S/C10H20N2S.C10H18N2/c1-10(2,3)12-6-4-8(5-7-12)9(11)13;1-10(2,3)12-6-4-9(8-11)5-7-12/h8H,4-7H2,1-3H3,(H2,11,13);9H,4-7H2,1-3H3. The summed E-state index contributed by atoms with van der Waals surface area (Å²) in [6.45, 7) is 17.9. The predicted molar refractivity (Wildman–Crippen MR) is 110 cm³/mol. The molecule has 0 aromatic carbocycles. The van der Waals surface area contributed by atoms with Crippen LogP contribution in [-0.2, 0) is 0 Å². The lowest BCUT2D eigenvalue weighted by Gasteiger charge is -2.40. The SMILES string of the molecule is CC(C)(C)N1CCC(C#N)CC1.CC(C)(C)N1CCC(C(N)=S)CC1. The van der Waals surface area contributed by atoms with Crippen LogP contribution in [0.4, 0.5) is 0 Å². The molecule has 0 unspecified atom stereocenters. The van der Waals surface area contributed by atoms with E-state index in [1.807, 2.05) is 0 Å². The average Bonchev–Trinajstić information content (AvgIpc) is 2.54. The summed E-state index contributed by atoms with van der Waals surface area (Å²) in [7, 11) is 0. The van der Waals surface area contributed by atoms with E-state index in [-0.39, 0.29) is 5.54 Å². The van der Waals surface area contributed by atoms with Crippen molar-refractivity contribution in [2.45, 2.75) is 78.3 Å². The summed E-state index contributed by atoms with van der Waals surface area (Å²) in [5, 5.41) is 8.71. The fourth-order valence-electron chi connectivity index (χ4n) is 3.51. The average molecular weight is 367 g/mol. The highest BCUT2D eigenvalue weighted by Gasteiger charge is 2.28. The Kier molecular flexibility index (Phi) is 8.31. The van der Waals surface area contributed by atoms with Gasteiger partial charge in [0.25, 0.3) is 0 Å². The predicted octanol–water partition coefficient (Wildman–Crippen LogP) is 3.80. The lowest BCUT2D eigenvalue weighted by Crippen LogP contribution is -2.47. The smallest absolute Gasteiger partial charge is 0.0759 e. The summed E-state index contributed by atoms with van der Waals surface area (Å²) in [4.78, 5) is 5.66. The number of nitrogens with two attached hydrogens (primary N) is 1. The summed E-state index contributed by atoms with van der Waals surface area (Å²) >= 11 is 5.01.